The van der Waals surface area contributed by atoms with Crippen LogP contribution in [0.5, 0.6) is 0 Å². The summed E-state index contributed by atoms with van der Waals surface area (Å²) in [4.78, 5) is 29.1. The van der Waals surface area contributed by atoms with E-state index in [-0.39, 0.29) is 17.5 Å². The van der Waals surface area contributed by atoms with Gasteiger partial charge in [-0.3, -0.25) is 9.59 Å². The van der Waals surface area contributed by atoms with Gasteiger partial charge in [0.15, 0.2) is 0 Å². The molecule has 24 heavy (non-hydrogen) atoms. The number of carbonyl (C=O) groups excluding carboxylic acids is 1. The second-order valence-corrected chi connectivity index (χ2v) is 6.63. The van der Waals surface area contributed by atoms with Crippen molar-refractivity contribution in [1.29, 1.82) is 0 Å². The third kappa shape index (κ3) is 2.99. The normalized spacial score (nSPS) is 12.1. The number of hydrogen-bond donors (Lipinski definition) is 1. The number of fused-ring (bicyclic) bond motifs is 1. The molecule has 0 aliphatic rings. The van der Waals surface area contributed by atoms with Crippen LogP contribution in [0.2, 0.25) is 0 Å². The van der Waals surface area contributed by atoms with Crippen LogP contribution >= 0.6 is 15.9 Å². The fourth-order valence-corrected chi connectivity index (χ4v) is 3.02. The average molecular weight is 385 g/mol. The number of nitrogens with one attached hydrogen (secondary N) is 1. The standard InChI is InChI=1S/C19H17BrN2O2/c1-12(22(2)19(24)13-7-9-14(20)10-8-13)17-11-21-18(23)16-6-4-3-5-15(16)17/h3-12H,1-2H3,(H,21,23). The smallest absolute Gasteiger partial charge is 0.255 e. The molecule has 0 bridgehead atoms. The molecule has 1 atom stereocenters. The van der Waals surface area contributed by atoms with E-state index in [1.807, 2.05) is 37.3 Å². The Kier molecular flexibility index (Phi) is 4.53. The number of halogens is 1. The molecule has 1 unspecified atom stereocenters. The lowest BCUT2D eigenvalue weighted by Gasteiger charge is -2.26. The molecule has 0 spiro atoms. The number of aromatic amines is 1. The van der Waals surface area contributed by atoms with Crippen molar-refractivity contribution in [3.63, 3.8) is 0 Å². The van der Waals surface area contributed by atoms with Crippen LogP contribution in [0.3, 0.4) is 0 Å². The minimum absolute atomic E-state index is 0.0646. The van der Waals surface area contributed by atoms with Crippen LogP contribution in [0.15, 0.2) is 64.0 Å². The Labute approximate surface area is 148 Å². The van der Waals surface area contributed by atoms with Gasteiger partial charge in [0, 0.05) is 28.7 Å². The van der Waals surface area contributed by atoms with Gasteiger partial charge in [-0.15, -0.1) is 0 Å². The molecule has 1 heterocycles. The maximum Gasteiger partial charge on any atom is 0.255 e. The summed E-state index contributed by atoms with van der Waals surface area (Å²) in [5.74, 6) is -0.0646. The Bertz CT molecular complexity index is 947. The van der Waals surface area contributed by atoms with Crippen molar-refractivity contribution >= 4 is 32.6 Å². The molecule has 1 N–H and O–H groups in total. The van der Waals surface area contributed by atoms with Crippen LogP contribution in [0.1, 0.15) is 28.9 Å². The molecule has 0 fully saturated rings. The molecule has 0 aliphatic carbocycles. The Hall–Kier alpha value is -2.40. The number of aromatic nitrogens is 1. The highest BCUT2D eigenvalue weighted by Gasteiger charge is 2.21. The highest BCUT2D eigenvalue weighted by molar-refractivity contribution is 9.10. The van der Waals surface area contributed by atoms with E-state index in [4.69, 9.17) is 0 Å². The summed E-state index contributed by atoms with van der Waals surface area (Å²) >= 11 is 3.37. The van der Waals surface area contributed by atoms with Crippen molar-refractivity contribution in [2.45, 2.75) is 13.0 Å². The fourth-order valence-electron chi connectivity index (χ4n) is 2.76. The van der Waals surface area contributed by atoms with Gasteiger partial charge in [-0.1, -0.05) is 34.1 Å². The van der Waals surface area contributed by atoms with Crippen molar-refractivity contribution in [3.8, 4) is 0 Å². The van der Waals surface area contributed by atoms with Crippen LogP contribution in [0.4, 0.5) is 0 Å². The van der Waals surface area contributed by atoms with Crippen LogP contribution in [0, 0.1) is 0 Å². The summed E-state index contributed by atoms with van der Waals surface area (Å²) < 4.78 is 0.932. The fraction of sp³-hybridized carbons (Fsp3) is 0.158. The zero-order valence-electron chi connectivity index (χ0n) is 13.4. The summed E-state index contributed by atoms with van der Waals surface area (Å²) in [6.45, 7) is 1.96. The zero-order chi connectivity index (χ0) is 17.3. The first-order chi connectivity index (χ1) is 11.5. The summed E-state index contributed by atoms with van der Waals surface area (Å²) in [5.41, 5.74) is 1.42. The third-order valence-electron chi connectivity index (χ3n) is 4.28. The molecular formula is C19H17BrN2O2. The van der Waals surface area contributed by atoms with E-state index < -0.39 is 0 Å². The lowest BCUT2D eigenvalue weighted by atomic mass is 10.0. The van der Waals surface area contributed by atoms with Crippen LogP contribution in [-0.4, -0.2) is 22.8 Å². The maximum atomic E-state index is 12.7. The van der Waals surface area contributed by atoms with E-state index in [0.29, 0.717) is 10.9 Å². The molecule has 0 radical (unpaired) electrons. The van der Waals surface area contributed by atoms with Gasteiger partial charge in [0.25, 0.3) is 11.5 Å². The number of rotatable bonds is 3. The largest absolute Gasteiger partial charge is 0.335 e. The molecule has 0 saturated carbocycles. The predicted octanol–water partition coefficient (Wildman–Crippen LogP) is 4.12. The molecule has 3 rings (SSSR count). The number of carbonyl (C=O) groups is 1. The van der Waals surface area contributed by atoms with Crippen LogP contribution < -0.4 is 5.56 Å². The van der Waals surface area contributed by atoms with Gasteiger partial charge in [-0.05, 0) is 48.2 Å². The van der Waals surface area contributed by atoms with E-state index >= 15 is 0 Å². The molecule has 4 nitrogen and oxygen atoms in total. The quantitative estimate of drug-likeness (QED) is 0.737. The summed E-state index contributed by atoms with van der Waals surface area (Å²) in [6, 6.07) is 14.5. The lowest BCUT2D eigenvalue weighted by Crippen LogP contribution is -2.30. The van der Waals surface area contributed by atoms with Crippen molar-refractivity contribution in [2.75, 3.05) is 7.05 Å². The van der Waals surface area contributed by atoms with Crippen LogP contribution in [0.25, 0.3) is 10.8 Å². The zero-order valence-corrected chi connectivity index (χ0v) is 15.0. The van der Waals surface area contributed by atoms with Gasteiger partial charge in [0.2, 0.25) is 0 Å². The monoisotopic (exact) mass is 384 g/mol. The number of pyridine rings is 1. The molecule has 1 aromatic heterocycles. The predicted molar refractivity (Wildman–Crippen MR) is 99.2 cm³/mol. The van der Waals surface area contributed by atoms with Gasteiger partial charge in [0.05, 0.1) is 6.04 Å². The minimum Gasteiger partial charge on any atom is -0.335 e. The lowest BCUT2D eigenvalue weighted by molar-refractivity contribution is 0.0743. The van der Waals surface area contributed by atoms with Crippen molar-refractivity contribution in [2.24, 2.45) is 0 Å². The topological polar surface area (TPSA) is 53.2 Å². The molecule has 2 aromatic carbocycles. The van der Waals surface area contributed by atoms with Gasteiger partial charge < -0.3 is 9.88 Å². The Morgan fingerprint density at radius 1 is 1.08 bits per heavy atom. The number of hydrogen-bond acceptors (Lipinski definition) is 2. The average Bonchev–Trinajstić information content (AvgIpc) is 2.61. The highest BCUT2D eigenvalue weighted by Crippen LogP contribution is 2.26. The second-order valence-electron chi connectivity index (χ2n) is 5.72. The van der Waals surface area contributed by atoms with E-state index in [1.54, 1.807) is 36.3 Å². The molecule has 0 aliphatic heterocycles. The molecule has 5 heteroatoms. The van der Waals surface area contributed by atoms with Gasteiger partial charge >= 0.3 is 0 Å². The number of amides is 1. The molecular weight excluding hydrogens is 368 g/mol. The van der Waals surface area contributed by atoms with Gasteiger partial charge in [-0.25, -0.2) is 0 Å². The Morgan fingerprint density at radius 3 is 2.38 bits per heavy atom. The molecule has 1 amide bonds. The first-order valence-corrected chi connectivity index (χ1v) is 8.41. The van der Waals surface area contributed by atoms with Crippen molar-refractivity contribution in [1.82, 2.24) is 9.88 Å². The number of H-pyrrole nitrogens is 1. The molecule has 3 aromatic rings. The number of benzene rings is 2. The van der Waals surface area contributed by atoms with Crippen LogP contribution in [-0.2, 0) is 0 Å². The Morgan fingerprint density at radius 2 is 1.71 bits per heavy atom. The molecule has 0 saturated heterocycles. The minimum atomic E-state index is -0.178. The maximum absolute atomic E-state index is 12.7. The van der Waals surface area contributed by atoms with E-state index in [9.17, 15) is 9.59 Å². The van der Waals surface area contributed by atoms with Crippen molar-refractivity contribution < 1.29 is 4.79 Å². The summed E-state index contributed by atoms with van der Waals surface area (Å²) in [6.07, 6.45) is 1.70. The summed E-state index contributed by atoms with van der Waals surface area (Å²) in [5, 5.41) is 1.50. The van der Waals surface area contributed by atoms with E-state index in [1.165, 1.54) is 0 Å². The highest BCUT2D eigenvalue weighted by atomic mass is 79.9. The van der Waals surface area contributed by atoms with E-state index in [0.717, 1.165) is 15.4 Å². The van der Waals surface area contributed by atoms with Gasteiger partial charge in [0.1, 0.15) is 0 Å². The SMILES string of the molecule is CC(c1c[nH]c(=O)c2ccccc12)N(C)C(=O)c1ccc(Br)cc1. The summed E-state index contributed by atoms with van der Waals surface area (Å²) in [7, 11) is 1.77. The first-order valence-electron chi connectivity index (χ1n) is 7.62. The third-order valence-corrected chi connectivity index (χ3v) is 4.81. The van der Waals surface area contributed by atoms with Gasteiger partial charge in [-0.2, -0.15) is 0 Å². The van der Waals surface area contributed by atoms with Crippen molar-refractivity contribution in [3.05, 3.63) is 80.7 Å². The first kappa shape index (κ1) is 16.5. The Balaban J connectivity index is 1.98. The van der Waals surface area contributed by atoms with E-state index in [2.05, 4.69) is 20.9 Å². The number of nitrogens with zero attached hydrogens (tertiary/aromatic N) is 1. The second kappa shape index (κ2) is 6.61. The molecule has 122 valence electrons.